The molecule has 1 atom stereocenters. The molecule has 4 rings (SSSR count). The molecule has 9 heteroatoms. The van der Waals surface area contributed by atoms with Crippen molar-refractivity contribution in [3.63, 3.8) is 0 Å². The zero-order chi connectivity index (χ0) is 23.2. The van der Waals surface area contributed by atoms with Gasteiger partial charge in [-0.3, -0.25) is 9.19 Å². The minimum Gasteiger partial charge on any atom is -0.465 e. The third-order valence-corrected chi connectivity index (χ3v) is 7.16. The van der Waals surface area contributed by atoms with Crippen LogP contribution < -0.4 is 0 Å². The lowest BCUT2D eigenvalue weighted by atomic mass is 10.2. The first kappa shape index (κ1) is 23.1. The maximum Gasteiger partial charge on any atom is 0.339 e. The Morgan fingerprint density at radius 2 is 1.76 bits per heavy atom. The molecule has 0 bridgehead atoms. The number of carbonyl (C=O) groups excluding carboxylic acids is 1. The van der Waals surface area contributed by atoms with Gasteiger partial charge in [0.25, 0.3) is 0 Å². The minimum atomic E-state index is -1.32. The molecule has 6 nitrogen and oxygen atoms in total. The van der Waals surface area contributed by atoms with Gasteiger partial charge in [-0.05, 0) is 54.6 Å². The fourth-order valence-corrected chi connectivity index (χ4v) is 5.09. The molecule has 166 valence electrons. The van der Waals surface area contributed by atoms with Crippen molar-refractivity contribution in [2.45, 2.75) is 20.6 Å². The number of carbonyl (C=O) groups is 1. The van der Waals surface area contributed by atoms with Gasteiger partial charge in [-0.2, -0.15) is 0 Å². The first-order valence-electron chi connectivity index (χ1n) is 9.81. The summed E-state index contributed by atoms with van der Waals surface area (Å²) in [6.07, 6.45) is 3.33. The Balaban J connectivity index is 1.71. The van der Waals surface area contributed by atoms with Crippen molar-refractivity contribution >= 4 is 40.1 Å². The van der Waals surface area contributed by atoms with E-state index < -0.39 is 16.8 Å². The number of hydrogen-bond acceptors (Lipinski definition) is 7. The van der Waals surface area contributed by atoms with Gasteiger partial charge in [0.2, 0.25) is 0 Å². The number of hydrogen-bond donors (Lipinski definition) is 0. The lowest BCUT2D eigenvalue weighted by Crippen LogP contribution is -2.04. The quantitative estimate of drug-likeness (QED) is 0.249. The minimum absolute atomic E-state index is 0.203. The van der Waals surface area contributed by atoms with Crippen LogP contribution in [0.1, 0.15) is 16.1 Å². The van der Waals surface area contributed by atoms with Gasteiger partial charge < -0.3 is 4.74 Å². The average Bonchev–Trinajstić information content (AvgIpc) is 2.84. The van der Waals surface area contributed by atoms with Crippen molar-refractivity contribution < 1.29 is 13.7 Å². The first-order valence-corrected chi connectivity index (χ1v) is 12.3. The number of rotatable bonds is 7. The van der Waals surface area contributed by atoms with E-state index in [2.05, 4.69) is 15.0 Å². The van der Waals surface area contributed by atoms with E-state index in [9.17, 15) is 9.00 Å². The second-order valence-corrected chi connectivity index (χ2v) is 9.74. The molecule has 2 aromatic carbocycles. The second-order valence-electron chi connectivity index (χ2n) is 6.79. The highest BCUT2D eigenvalue weighted by molar-refractivity contribution is 7.99. The van der Waals surface area contributed by atoms with Crippen LogP contribution in [0.15, 0.2) is 93.9 Å². The average molecular weight is 496 g/mol. The van der Waals surface area contributed by atoms with E-state index in [1.54, 1.807) is 54.9 Å². The molecule has 0 fully saturated rings. The topological polar surface area (TPSA) is 82.0 Å². The summed E-state index contributed by atoms with van der Waals surface area (Å²) in [5, 5.41) is 1.21. The SMILES string of the molecule is COC(=O)c1ccccc1Sc1cc(CS(=O)c2ccc(Cl)cc2)nc(-c2ccncc2)n1. The third kappa shape index (κ3) is 5.84. The molecule has 4 aromatic rings. The Morgan fingerprint density at radius 3 is 2.48 bits per heavy atom. The van der Waals surface area contributed by atoms with E-state index in [1.165, 1.54) is 18.9 Å². The van der Waals surface area contributed by atoms with Crippen LogP contribution >= 0.6 is 23.4 Å². The van der Waals surface area contributed by atoms with Gasteiger partial charge in [0.15, 0.2) is 5.82 Å². The van der Waals surface area contributed by atoms with Gasteiger partial charge in [0.05, 0.1) is 34.9 Å². The molecule has 0 aliphatic carbocycles. The standard InChI is InChI=1S/C24H18ClN3O3S2/c1-31-24(29)20-4-2-3-5-21(20)32-22-14-18(15-33(30)19-8-6-17(25)7-9-19)27-23(28-22)16-10-12-26-13-11-16/h2-14H,15H2,1H3. The number of pyridine rings is 1. The van der Waals surface area contributed by atoms with Crippen molar-refractivity contribution in [3.05, 3.63) is 95.4 Å². The molecule has 0 saturated heterocycles. The van der Waals surface area contributed by atoms with Gasteiger partial charge in [-0.15, -0.1) is 0 Å². The van der Waals surface area contributed by atoms with Crippen LogP contribution in [-0.2, 0) is 21.3 Å². The number of benzene rings is 2. The third-order valence-electron chi connectivity index (χ3n) is 4.56. The Kier molecular flexibility index (Phi) is 7.49. The highest BCUT2D eigenvalue weighted by Crippen LogP contribution is 2.31. The number of nitrogens with zero attached hydrogens (tertiary/aromatic N) is 3. The summed E-state index contributed by atoms with van der Waals surface area (Å²) in [4.78, 5) is 26.9. The molecule has 2 aromatic heterocycles. The summed E-state index contributed by atoms with van der Waals surface area (Å²) in [6.45, 7) is 0. The predicted octanol–water partition coefficient (Wildman–Crippen LogP) is 5.44. The van der Waals surface area contributed by atoms with E-state index >= 15 is 0 Å². The molecular weight excluding hydrogens is 478 g/mol. The zero-order valence-corrected chi connectivity index (χ0v) is 19.9. The van der Waals surface area contributed by atoms with Crippen LogP contribution in [0.3, 0.4) is 0 Å². The van der Waals surface area contributed by atoms with Gasteiger partial charge in [0.1, 0.15) is 5.03 Å². The summed E-state index contributed by atoms with van der Waals surface area (Å²) < 4.78 is 17.9. The van der Waals surface area contributed by atoms with Gasteiger partial charge in [0, 0.05) is 32.8 Å². The maximum atomic E-state index is 13.0. The lowest BCUT2D eigenvalue weighted by molar-refractivity contribution is 0.0597. The molecule has 0 aliphatic heterocycles. The van der Waals surface area contributed by atoms with E-state index in [-0.39, 0.29) is 5.75 Å². The molecule has 0 N–H and O–H groups in total. The van der Waals surface area contributed by atoms with Crippen molar-refractivity contribution in [3.8, 4) is 11.4 Å². The van der Waals surface area contributed by atoms with Gasteiger partial charge in [-0.1, -0.05) is 35.5 Å². The molecular formula is C24H18ClN3O3S2. The van der Waals surface area contributed by atoms with Crippen LogP contribution in [-0.4, -0.2) is 32.2 Å². The summed E-state index contributed by atoms with van der Waals surface area (Å²) in [5.74, 6) is 0.265. The smallest absolute Gasteiger partial charge is 0.339 e. The Hall–Kier alpha value is -3.07. The second kappa shape index (κ2) is 10.7. The molecule has 33 heavy (non-hydrogen) atoms. The van der Waals surface area contributed by atoms with E-state index in [1.807, 2.05) is 24.3 Å². The number of esters is 1. The van der Waals surface area contributed by atoms with Gasteiger partial charge in [-0.25, -0.2) is 14.8 Å². The maximum absolute atomic E-state index is 13.0. The number of methoxy groups -OCH3 is 1. The Labute approximate surface area is 202 Å². The lowest BCUT2D eigenvalue weighted by Gasteiger charge is -2.10. The van der Waals surface area contributed by atoms with E-state index in [0.717, 1.165) is 5.56 Å². The Bertz CT molecular complexity index is 1300. The summed E-state index contributed by atoms with van der Waals surface area (Å²) in [6, 6.07) is 19.5. The van der Waals surface area contributed by atoms with Crippen LogP contribution in [0.25, 0.3) is 11.4 Å². The van der Waals surface area contributed by atoms with Crippen molar-refractivity contribution in [1.29, 1.82) is 0 Å². The highest BCUT2D eigenvalue weighted by Gasteiger charge is 2.16. The molecule has 0 saturated carbocycles. The zero-order valence-electron chi connectivity index (χ0n) is 17.5. The molecule has 1 unspecified atom stereocenters. The number of ether oxygens (including phenoxy) is 1. The molecule has 2 heterocycles. The summed E-state index contributed by atoms with van der Waals surface area (Å²) in [7, 11) is 0.0276. The molecule has 0 spiro atoms. The van der Waals surface area contributed by atoms with Crippen molar-refractivity contribution in [2.75, 3.05) is 7.11 Å². The Morgan fingerprint density at radius 1 is 1.03 bits per heavy atom. The fourth-order valence-electron chi connectivity index (χ4n) is 2.98. The largest absolute Gasteiger partial charge is 0.465 e. The predicted molar refractivity (Wildman–Crippen MR) is 129 cm³/mol. The van der Waals surface area contributed by atoms with Crippen molar-refractivity contribution in [1.82, 2.24) is 15.0 Å². The monoisotopic (exact) mass is 495 g/mol. The first-order chi connectivity index (χ1) is 16.0. The number of halogens is 1. The summed E-state index contributed by atoms with van der Waals surface area (Å²) in [5.41, 5.74) is 1.84. The molecule has 0 amide bonds. The highest BCUT2D eigenvalue weighted by atomic mass is 35.5. The van der Waals surface area contributed by atoms with Gasteiger partial charge >= 0.3 is 5.97 Å². The molecule has 0 radical (unpaired) electrons. The van der Waals surface area contributed by atoms with E-state index in [0.29, 0.717) is 36.9 Å². The molecule has 0 aliphatic rings. The normalized spacial score (nSPS) is 11.7. The van der Waals surface area contributed by atoms with Crippen LogP contribution in [0.2, 0.25) is 5.02 Å². The fraction of sp³-hybridized carbons (Fsp3) is 0.0833. The van der Waals surface area contributed by atoms with Crippen LogP contribution in [0.4, 0.5) is 0 Å². The number of aromatic nitrogens is 3. The van der Waals surface area contributed by atoms with Crippen molar-refractivity contribution in [2.24, 2.45) is 0 Å². The van der Waals surface area contributed by atoms with Crippen LogP contribution in [0.5, 0.6) is 0 Å². The van der Waals surface area contributed by atoms with Crippen LogP contribution in [0, 0.1) is 0 Å². The summed E-state index contributed by atoms with van der Waals surface area (Å²) >= 11 is 7.27. The van der Waals surface area contributed by atoms with E-state index in [4.69, 9.17) is 16.3 Å².